The van der Waals surface area contributed by atoms with Crippen molar-refractivity contribution in [3.8, 4) is 0 Å². The van der Waals surface area contributed by atoms with Crippen LogP contribution in [0.3, 0.4) is 0 Å². The second kappa shape index (κ2) is 3.75. The van der Waals surface area contributed by atoms with Crippen molar-refractivity contribution < 1.29 is 4.74 Å². The fourth-order valence-corrected chi connectivity index (χ4v) is 2.26. The molecule has 0 aromatic rings. The van der Waals surface area contributed by atoms with Crippen LogP contribution in [0.25, 0.3) is 0 Å². The number of nitrogens with two attached hydrogens (primary N) is 1. The first kappa shape index (κ1) is 10.0. The SMILES string of the molecule is CC(C)CC1(C)OCCC1CN. The van der Waals surface area contributed by atoms with E-state index < -0.39 is 0 Å². The third kappa shape index (κ3) is 1.99. The fraction of sp³-hybridized carbons (Fsp3) is 1.00. The maximum absolute atomic E-state index is 5.77. The van der Waals surface area contributed by atoms with Gasteiger partial charge in [0.15, 0.2) is 0 Å². The Bertz CT molecular complexity index is 147. The molecule has 72 valence electrons. The van der Waals surface area contributed by atoms with Gasteiger partial charge < -0.3 is 10.5 Å². The average Bonchev–Trinajstić information content (AvgIpc) is 2.28. The monoisotopic (exact) mass is 171 g/mol. The molecule has 0 spiro atoms. The summed E-state index contributed by atoms with van der Waals surface area (Å²) in [7, 11) is 0. The van der Waals surface area contributed by atoms with Crippen molar-refractivity contribution in [2.45, 2.75) is 39.2 Å². The maximum Gasteiger partial charge on any atom is 0.0697 e. The van der Waals surface area contributed by atoms with Crippen LogP contribution in [0.4, 0.5) is 0 Å². The van der Waals surface area contributed by atoms with Crippen molar-refractivity contribution in [1.82, 2.24) is 0 Å². The summed E-state index contributed by atoms with van der Waals surface area (Å²) in [5.41, 5.74) is 5.76. The molecule has 2 heteroatoms. The van der Waals surface area contributed by atoms with Gasteiger partial charge in [-0.05, 0) is 32.2 Å². The van der Waals surface area contributed by atoms with Gasteiger partial charge in [0, 0.05) is 12.5 Å². The lowest BCUT2D eigenvalue weighted by Gasteiger charge is -2.31. The zero-order chi connectivity index (χ0) is 9.19. The van der Waals surface area contributed by atoms with Gasteiger partial charge in [0.05, 0.1) is 5.60 Å². The largest absolute Gasteiger partial charge is 0.375 e. The van der Waals surface area contributed by atoms with Crippen LogP contribution >= 0.6 is 0 Å². The molecule has 2 unspecified atom stereocenters. The minimum absolute atomic E-state index is 0.0584. The smallest absolute Gasteiger partial charge is 0.0697 e. The van der Waals surface area contributed by atoms with Gasteiger partial charge in [-0.1, -0.05) is 13.8 Å². The molecule has 2 atom stereocenters. The molecule has 0 amide bonds. The van der Waals surface area contributed by atoms with E-state index in [0.29, 0.717) is 11.8 Å². The van der Waals surface area contributed by atoms with Crippen LogP contribution in [0, 0.1) is 11.8 Å². The summed E-state index contributed by atoms with van der Waals surface area (Å²) >= 11 is 0. The maximum atomic E-state index is 5.77. The lowest BCUT2D eigenvalue weighted by atomic mass is 9.83. The molecule has 0 aliphatic carbocycles. The molecule has 0 radical (unpaired) electrons. The van der Waals surface area contributed by atoms with E-state index in [4.69, 9.17) is 10.5 Å². The van der Waals surface area contributed by atoms with Gasteiger partial charge in [0.2, 0.25) is 0 Å². The number of hydrogen-bond acceptors (Lipinski definition) is 2. The highest BCUT2D eigenvalue weighted by Crippen LogP contribution is 2.36. The molecule has 1 heterocycles. The van der Waals surface area contributed by atoms with E-state index in [-0.39, 0.29) is 5.60 Å². The highest BCUT2D eigenvalue weighted by atomic mass is 16.5. The van der Waals surface area contributed by atoms with Gasteiger partial charge >= 0.3 is 0 Å². The Kier molecular flexibility index (Phi) is 3.13. The van der Waals surface area contributed by atoms with Crippen LogP contribution in [-0.4, -0.2) is 18.8 Å². The summed E-state index contributed by atoms with van der Waals surface area (Å²) in [5, 5.41) is 0. The highest BCUT2D eigenvalue weighted by Gasteiger charge is 2.39. The molecule has 2 N–H and O–H groups in total. The lowest BCUT2D eigenvalue weighted by molar-refractivity contribution is -0.0196. The minimum atomic E-state index is 0.0584. The molecule has 0 bridgehead atoms. The highest BCUT2D eigenvalue weighted by molar-refractivity contribution is 4.89. The number of ether oxygens (including phenoxy) is 1. The fourth-order valence-electron chi connectivity index (χ4n) is 2.26. The van der Waals surface area contributed by atoms with Gasteiger partial charge in [-0.15, -0.1) is 0 Å². The van der Waals surface area contributed by atoms with E-state index in [1.54, 1.807) is 0 Å². The molecule has 12 heavy (non-hydrogen) atoms. The van der Waals surface area contributed by atoms with E-state index in [1.807, 2.05) is 0 Å². The molecular weight excluding hydrogens is 150 g/mol. The Hall–Kier alpha value is -0.0800. The number of rotatable bonds is 3. The molecule has 0 aromatic heterocycles. The van der Waals surface area contributed by atoms with Crippen molar-refractivity contribution in [2.24, 2.45) is 17.6 Å². The van der Waals surface area contributed by atoms with Crippen molar-refractivity contribution in [2.75, 3.05) is 13.2 Å². The Balaban J connectivity index is 2.55. The molecule has 1 saturated heterocycles. The molecule has 1 rings (SSSR count). The van der Waals surface area contributed by atoms with Crippen LogP contribution < -0.4 is 5.73 Å². The van der Waals surface area contributed by atoms with Crippen molar-refractivity contribution >= 4 is 0 Å². The van der Waals surface area contributed by atoms with E-state index in [2.05, 4.69) is 20.8 Å². The Morgan fingerprint density at radius 3 is 2.75 bits per heavy atom. The Labute approximate surface area is 75.5 Å². The number of hydrogen-bond donors (Lipinski definition) is 1. The zero-order valence-corrected chi connectivity index (χ0v) is 8.47. The first-order chi connectivity index (χ1) is 5.58. The summed E-state index contributed by atoms with van der Waals surface area (Å²) < 4.78 is 5.77. The lowest BCUT2D eigenvalue weighted by Crippen LogP contribution is -2.37. The summed E-state index contributed by atoms with van der Waals surface area (Å²) in [6.07, 6.45) is 2.27. The van der Waals surface area contributed by atoms with Crippen LogP contribution in [0.5, 0.6) is 0 Å². The van der Waals surface area contributed by atoms with E-state index in [0.717, 1.165) is 26.0 Å². The van der Waals surface area contributed by atoms with Gasteiger partial charge in [0.25, 0.3) is 0 Å². The summed E-state index contributed by atoms with van der Waals surface area (Å²) in [6, 6.07) is 0. The minimum Gasteiger partial charge on any atom is -0.375 e. The van der Waals surface area contributed by atoms with Crippen molar-refractivity contribution in [1.29, 1.82) is 0 Å². The predicted octanol–water partition coefficient (Wildman–Crippen LogP) is 1.79. The summed E-state index contributed by atoms with van der Waals surface area (Å²) in [6.45, 7) is 8.34. The normalized spacial score (nSPS) is 36.2. The van der Waals surface area contributed by atoms with Crippen molar-refractivity contribution in [3.63, 3.8) is 0 Å². The summed E-state index contributed by atoms with van der Waals surface area (Å²) in [5.74, 6) is 1.27. The third-order valence-corrected chi connectivity index (χ3v) is 2.86. The second-order valence-electron chi connectivity index (χ2n) is 4.48. The Morgan fingerprint density at radius 1 is 1.58 bits per heavy atom. The van der Waals surface area contributed by atoms with Crippen LogP contribution in [-0.2, 0) is 4.74 Å². The van der Waals surface area contributed by atoms with E-state index in [9.17, 15) is 0 Å². The molecule has 1 aliphatic heterocycles. The molecule has 1 fully saturated rings. The topological polar surface area (TPSA) is 35.2 Å². The molecule has 1 aliphatic rings. The predicted molar refractivity (Wildman–Crippen MR) is 51.0 cm³/mol. The standard InChI is InChI=1S/C10H21NO/c1-8(2)6-10(3)9(7-11)4-5-12-10/h8-9H,4-7,11H2,1-3H3. The average molecular weight is 171 g/mol. The van der Waals surface area contributed by atoms with Crippen LogP contribution in [0.15, 0.2) is 0 Å². The van der Waals surface area contributed by atoms with E-state index in [1.165, 1.54) is 0 Å². The van der Waals surface area contributed by atoms with Gasteiger partial charge in [-0.25, -0.2) is 0 Å². The van der Waals surface area contributed by atoms with Gasteiger partial charge in [-0.2, -0.15) is 0 Å². The van der Waals surface area contributed by atoms with Crippen LogP contribution in [0.1, 0.15) is 33.6 Å². The van der Waals surface area contributed by atoms with Gasteiger partial charge in [-0.3, -0.25) is 0 Å². The molecule has 2 nitrogen and oxygen atoms in total. The van der Waals surface area contributed by atoms with Crippen LogP contribution in [0.2, 0.25) is 0 Å². The van der Waals surface area contributed by atoms with Gasteiger partial charge in [0.1, 0.15) is 0 Å². The Morgan fingerprint density at radius 2 is 2.25 bits per heavy atom. The first-order valence-corrected chi connectivity index (χ1v) is 4.92. The third-order valence-electron chi connectivity index (χ3n) is 2.86. The first-order valence-electron chi connectivity index (χ1n) is 4.92. The molecule has 0 aromatic carbocycles. The molecular formula is C10H21NO. The zero-order valence-electron chi connectivity index (χ0n) is 8.47. The molecule has 0 saturated carbocycles. The van der Waals surface area contributed by atoms with E-state index >= 15 is 0 Å². The summed E-state index contributed by atoms with van der Waals surface area (Å²) in [4.78, 5) is 0. The quantitative estimate of drug-likeness (QED) is 0.702. The second-order valence-corrected chi connectivity index (χ2v) is 4.48. The van der Waals surface area contributed by atoms with Crippen molar-refractivity contribution in [3.05, 3.63) is 0 Å².